The number of carbonyl (C=O) groups is 2. The van der Waals surface area contributed by atoms with Crippen molar-refractivity contribution in [2.45, 2.75) is 61.0 Å². The molecule has 4 unspecified atom stereocenters. The molecule has 1 aliphatic carbocycles. The summed E-state index contributed by atoms with van der Waals surface area (Å²) in [6.07, 6.45) is 3.28. The Morgan fingerprint density at radius 2 is 1.84 bits per heavy atom. The molecule has 3 aromatic rings. The van der Waals surface area contributed by atoms with E-state index < -0.39 is 28.6 Å². The van der Waals surface area contributed by atoms with Crippen molar-refractivity contribution in [3.8, 4) is 11.6 Å². The van der Waals surface area contributed by atoms with Gasteiger partial charge in [0.15, 0.2) is 5.13 Å². The molecule has 4 saturated heterocycles. The van der Waals surface area contributed by atoms with Crippen LogP contribution in [-0.4, -0.2) is 84.7 Å². The molecule has 6 heterocycles. The molecule has 2 aromatic heterocycles. The first-order valence-electron chi connectivity index (χ1n) is 14.6. The third-order valence-electron chi connectivity index (χ3n) is 9.50. The Hall–Kier alpha value is -2.76. The molecule has 0 spiro atoms. The third-order valence-corrected chi connectivity index (χ3v) is 11.7. The second-order valence-corrected chi connectivity index (χ2v) is 14.3. The number of carbonyl (C=O) groups excluding carboxylic acids is 2. The van der Waals surface area contributed by atoms with Crippen LogP contribution in [0.3, 0.4) is 0 Å². The van der Waals surface area contributed by atoms with Gasteiger partial charge in [0.2, 0.25) is 5.88 Å². The van der Waals surface area contributed by atoms with Crippen LogP contribution in [0.4, 0.5) is 19.6 Å². The zero-order valence-electron chi connectivity index (χ0n) is 24.7. The molecule has 5 fully saturated rings. The van der Waals surface area contributed by atoms with Gasteiger partial charge in [-0.05, 0) is 44.2 Å². The zero-order chi connectivity index (χ0) is 31.7. The van der Waals surface area contributed by atoms with Crippen molar-refractivity contribution in [3.63, 3.8) is 0 Å². The number of anilines is 2. The highest BCUT2D eigenvalue weighted by Gasteiger charge is 2.60. The van der Waals surface area contributed by atoms with Crippen LogP contribution in [0.25, 0.3) is 10.2 Å². The number of hydrogen-bond donors (Lipinski definition) is 2. The van der Waals surface area contributed by atoms with E-state index >= 15 is 0 Å². The standard InChI is InChI=1S/C29H33F2N5O6P2S/c1-39-18-4-3-16-22(45-26(34-16)36-14-9-15(36)12-41-11-14)20(18)23(37)33-17-10-32-25(40-2)21(43)19(17)24(38)35-27-5-7-28(8-6-27,42-13-27)29(30,31)44/h3-4,10,14-15H,5-9,11-13,43-44H2,1-2H3,(H,33,37)(H,35,38). The Labute approximate surface area is 266 Å². The molecule has 240 valence electrons. The van der Waals surface area contributed by atoms with Gasteiger partial charge in [0.25, 0.3) is 17.5 Å². The van der Waals surface area contributed by atoms with E-state index in [1.165, 1.54) is 31.8 Å². The normalized spacial score (nSPS) is 27.2. The number of morpholine rings is 1. The Bertz CT molecular complexity index is 1660. The summed E-state index contributed by atoms with van der Waals surface area (Å²) in [7, 11) is 6.97. The molecule has 2 amide bonds. The van der Waals surface area contributed by atoms with E-state index in [1.807, 2.05) is 6.07 Å². The van der Waals surface area contributed by atoms with Gasteiger partial charge in [0.1, 0.15) is 16.9 Å². The molecule has 8 rings (SSSR count). The monoisotopic (exact) mass is 679 g/mol. The summed E-state index contributed by atoms with van der Waals surface area (Å²) >= 11 is 1.41. The molecule has 45 heavy (non-hydrogen) atoms. The zero-order valence-corrected chi connectivity index (χ0v) is 27.8. The molecule has 1 saturated carbocycles. The number of aromatic nitrogens is 2. The van der Waals surface area contributed by atoms with Gasteiger partial charge in [-0.1, -0.05) is 29.8 Å². The number of benzene rings is 1. The fourth-order valence-corrected chi connectivity index (χ4v) is 8.99. The summed E-state index contributed by atoms with van der Waals surface area (Å²) in [4.78, 5) is 39.3. The van der Waals surface area contributed by atoms with Crippen molar-refractivity contribution >= 4 is 68.0 Å². The summed E-state index contributed by atoms with van der Waals surface area (Å²) in [6, 6.07) is 4.05. The SMILES string of the molecule is COc1ccc2nc(N3C4COCC3C4)sc2c1C(=O)Nc1cnc(OC)c(P)c1C(=O)NC12CCC(C(F)(F)P)(CC1)OC2. The van der Waals surface area contributed by atoms with Crippen molar-refractivity contribution in [1.82, 2.24) is 15.3 Å². The number of thiazole rings is 1. The quantitative estimate of drug-likeness (QED) is 0.343. The maximum absolute atomic E-state index is 14.3. The van der Waals surface area contributed by atoms with Gasteiger partial charge in [0.05, 0.1) is 79.3 Å². The van der Waals surface area contributed by atoms with Crippen LogP contribution in [0, 0.1) is 0 Å². The minimum absolute atomic E-state index is 0.0450. The Morgan fingerprint density at radius 3 is 2.44 bits per heavy atom. The summed E-state index contributed by atoms with van der Waals surface area (Å²) in [5, 5.41) is 7.07. The first-order valence-corrected chi connectivity index (χ1v) is 16.6. The Kier molecular flexibility index (Phi) is 7.68. The molecule has 0 radical (unpaired) electrons. The number of methoxy groups -OCH3 is 2. The molecule has 4 bridgehead atoms. The second-order valence-electron chi connectivity index (χ2n) is 12.0. The Morgan fingerprint density at radius 1 is 1.11 bits per heavy atom. The summed E-state index contributed by atoms with van der Waals surface area (Å²) < 4.78 is 51.6. The average Bonchev–Trinajstić information content (AvgIpc) is 3.44. The number of pyridine rings is 1. The lowest BCUT2D eigenvalue weighted by Crippen LogP contribution is -2.66. The smallest absolute Gasteiger partial charge is 0.287 e. The number of alkyl halides is 2. The lowest BCUT2D eigenvalue weighted by atomic mass is 9.71. The van der Waals surface area contributed by atoms with Crippen molar-refractivity contribution in [2.75, 3.05) is 44.3 Å². The van der Waals surface area contributed by atoms with E-state index in [0.717, 1.165) is 11.6 Å². The van der Waals surface area contributed by atoms with E-state index in [9.17, 15) is 18.4 Å². The molecule has 2 N–H and O–H groups in total. The summed E-state index contributed by atoms with van der Waals surface area (Å²) in [6.45, 7) is 1.25. The minimum Gasteiger partial charge on any atom is -0.496 e. The Balaban J connectivity index is 1.19. The highest BCUT2D eigenvalue weighted by atomic mass is 32.1. The van der Waals surface area contributed by atoms with Crippen molar-refractivity contribution < 1.29 is 37.3 Å². The fourth-order valence-electron chi connectivity index (χ4n) is 6.90. The maximum atomic E-state index is 14.3. The number of rotatable bonds is 8. The minimum atomic E-state index is -3.07. The number of amides is 2. The largest absolute Gasteiger partial charge is 0.496 e. The van der Waals surface area contributed by atoms with Crippen LogP contribution in [0.2, 0.25) is 0 Å². The van der Waals surface area contributed by atoms with Gasteiger partial charge < -0.3 is 34.5 Å². The van der Waals surface area contributed by atoms with Crippen LogP contribution in [0.15, 0.2) is 18.3 Å². The van der Waals surface area contributed by atoms with Gasteiger partial charge >= 0.3 is 0 Å². The molecule has 11 nitrogen and oxygen atoms in total. The summed E-state index contributed by atoms with van der Waals surface area (Å²) in [5.74, 6) is -0.477. The van der Waals surface area contributed by atoms with Gasteiger partial charge in [0, 0.05) is 5.30 Å². The van der Waals surface area contributed by atoms with Crippen LogP contribution >= 0.6 is 29.8 Å². The van der Waals surface area contributed by atoms with E-state index in [0.29, 0.717) is 47.3 Å². The van der Waals surface area contributed by atoms with Crippen LogP contribution in [0.5, 0.6) is 11.6 Å². The number of fused-ring (bicyclic) bond motifs is 6. The van der Waals surface area contributed by atoms with Crippen molar-refractivity contribution in [1.29, 1.82) is 0 Å². The number of hydrogen-bond acceptors (Lipinski definition) is 10. The second kappa shape index (κ2) is 11.2. The van der Waals surface area contributed by atoms with Gasteiger partial charge in [-0.25, -0.2) is 9.97 Å². The highest BCUT2D eigenvalue weighted by molar-refractivity contribution is 7.28. The van der Waals surface area contributed by atoms with Gasteiger partial charge in [-0.15, -0.1) is 0 Å². The number of ether oxygens (including phenoxy) is 4. The third kappa shape index (κ3) is 5.04. The van der Waals surface area contributed by atoms with Crippen molar-refractivity contribution in [3.05, 3.63) is 29.5 Å². The molecule has 4 aliphatic heterocycles. The van der Waals surface area contributed by atoms with Crippen LogP contribution in [0.1, 0.15) is 52.8 Å². The first kappa shape index (κ1) is 30.9. The van der Waals surface area contributed by atoms with Crippen molar-refractivity contribution in [2.24, 2.45) is 0 Å². The molecule has 5 aliphatic rings. The van der Waals surface area contributed by atoms with Gasteiger partial charge in [-0.3, -0.25) is 9.59 Å². The molecule has 4 atom stereocenters. The van der Waals surface area contributed by atoms with Crippen LogP contribution in [-0.2, 0) is 9.47 Å². The predicted molar refractivity (Wildman–Crippen MR) is 172 cm³/mol. The number of nitrogens with zero attached hydrogens (tertiary/aromatic N) is 3. The van der Waals surface area contributed by atoms with E-state index in [1.54, 1.807) is 15.3 Å². The lowest BCUT2D eigenvalue weighted by molar-refractivity contribution is -0.231. The molecular formula is C29H33F2N5O6P2S. The van der Waals surface area contributed by atoms with Gasteiger partial charge in [-0.2, -0.15) is 8.78 Å². The first-order chi connectivity index (χ1) is 21.5. The number of halogens is 2. The molecule has 1 aromatic carbocycles. The van der Waals surface area contributed by atoms with E-state index in [-0.39, 0.29) is 54.2 Å². The van der Waals surface area contributed by atoms with E-state index in [4.69, 9.17) is 23.9 Å². The summed E-state index contributed by atoms with van der Waals surface area (Å²) in [5.41, 5.74) is -4.22. The predicted octanol–water partition coefficient (Wildman–Crippen LogP) is 3.72. The average molecular weight is 680 g/mol. The highest BCUT2D eigenvalue weighted by Crippen LogP contribution is 2.53. The van der Waals surface area contributed by atoms with Crippen LogP contribution < -0.4 is 30.3 Å². The topological polar surface area (TPSA) is 124 Å². The molecular weight excluding hydrogens is 646 g/mol. The van der Waals surface area contributed by atoms with E-state index in [2.05, 4.69) is 29.8 Å². The lowest BCUT2D eigenvalue weighted by Gasteiger charge is -2.54. The number of nitrogens with one attached hydrogen (secondary N) is 2. The molecule has 16 heteroatoms. The fraction of sp³-hybridized carbons (Fsp3) is 0.517. The maximum Gasteiger partial charge on any atom is 0.287 e.